The Morgan fingerprint density at radius 2 is 2.10 bits per heavy atom. The number of ether oxygens (including phenoxy) is 1. The Hall–Kier alpha value is -0.370. The van der Waals surface area contributed by atoms with Crippen LogP contribution >= 0.6 is 23.2 Å². The standard InChI is InChI=1S/C12H15Cl2NO4S/c13-10-4-11(14)12(3-9(10)6-16)20(17,18)15-5-8-1-2-19-7-8/h3-4,8,15-16H,1-2,5-7H2. The van der Waals surface area contributed by atoms with Crippen LogP contribution in [0.15, 0.2) is 17.0 Å². The smallest absolute Gasteiger partial charge is 0.242 e. The number of nitrogens with one attached hydrogen (secondary N) is 1. The van der Waals surface area contributed by atoms with Gasteiger partial charge in [-0.05, 0) is 30.0 Å². The normalized spacial score (nSPS) is 19.4. The number of aliphatic hydroxyl groups excluding tert-OH is 1. The summed E-state index contributed by atoms with van der Waals surface area (Å²) in [6, 6.07) is 2.61. The molecule has 1 aromatic carbocycles. The largest absolute Gasteiger partial charge is 0.392 e. The van der Waals surface area contributed by atoms with Crippen molar-refractivity contribution in [1.82, 2.24) is 4.72 Å². The Balaban J connectivity index is 2.19. The van der Waals surface area contributed by atoms with E-state index in [1.54, 1.807) is 0 Å². The van der Waals surface area contributed by atoms with Gasteiger partial charge in [0.15, 0.2) is 0 Å². The fourth-order valence-electron chi connectivity index (χ4n) is 1.95. The predicted octanol–water partition coefficient (Wildman–Crippen LogP) is 1.80. The van der Waals surface area contributed by atoms with Crippen LogP contribution in [0.4, 0.5) is 0 Å². The molecule has 8 heteroatoms. The molecule has 1 heterocycles. The van der Waals surface area contributed by atoms with E-state index in [0.29, 0.717) is 25.3 Å². The van der Waals surface area contributed by atoms with Crippen molar-refractivity contribution in [3.63, 3.8) is 0 Å². The lowest BCUT2D eigenvalue weighted by molar-refractivity contribution is 0.186. The number of aliphatic hydroxyl groups is 1. The van der Waals surface area contributed by atoms with Gasteiger partial charge in [-0.15, -0.1) is 0 Å². The quantitative estimate of drug-likeness (QED) is 0.857. The Kier molecular flexibility index (Phi) is 5.28. The van der Waals surface area contributed by atoms with Gasteiger partial charge in [0.1, 0.15) is 4.90 Å². The van der Waals surface area contributed by atoms with Crippen molar-refractivity contribution in [3.8, 4) is 0 Å². The third-order valence-electron chi connectivity index (χ3n) is 3.15. The number of sulfonamides is 1. The molecule has 2 rings (SSSR count). The zero-order valence-corrected chi connectivity index (χ0v) is 12.9. The van der Waals surface area contributed by atoms with Crippen LogP contribution in [0.5, 0.6) is 0 Å². The van der Waals surface area contributed by atoms with Gasteiger partial charge in [-0.25, -0.2) is 13.1 Å². The van der Waals surface area contributed by atoms with Crippen LogP contribution in [0.25, 0.3) is 0 Å². The Bertz CT molecular complexity index is 585. The maximum atomic E-state index is 12.2. The first-order valence-corrected chi connectivity index (χ1v) is 8.34. The highest BCUT2D eigenvalue weighted by Crippen LogP contribution is 2.28. The van der Waals surface area contributed by atoms with Crippen LogP contribution in [0, 0.1) is 5.92 Å². The lowest BCUT2D eigenvalue weighted by Crippen LogP contribution is -2.30. The molecule has 1 saturated heterocycles. The topological polar surface area (TPSA) is 75.6 Å². The number of rotatable bonds is 5. The molecule has 1 fully saturated rings. The minimum absolute atomic E-state index is 0.0300. The van der Waals surface area contributed by atoms with Crippen LogP contribution in [0.2, 0.25) is 10.0 Å². The first-order chi connectivity index (χ1) is 9.44. The molecule has 0 aliphatic carbocycles. The van der Waals surface area contributed by atoms with E-state index in [1.807, 2.05) is 0 Å². The van der Waals surface area contributed by atoms with E-state index in [1.165, 1.54) is 12.1 Å². The predicted molar refractivity (Wildman–Crippen MR) is 76.5 cm³/mol. The summed E-state index contributed by atoms with van der Waals surface area (Å²) in [7, 11) is -3.74. The molecule has 0 amide bonds. The summed E-state index contributed by atoms with van der Waals surface area (Å²) < 4.78 is 32.2. The molecule has 0 radical (unpaired) electrons. The summed E-state index contributed by atoms with van der Waals surface area (Å²) in [6.45, 7) is 1.16. The molecule has 1 aliphatic rings. The molecule has 0 spiro atoms. The molecule has 112 valence electrons. The van der Waals surface area contributed by atoms with Crippen molar-refractivity contribution in [1.29, 1.82) is 0 Å². The number of halogens is 2. The van der Waals surface area contributed by atoms with Crippen molar-refractivity contribution >= 4 is 33.2 Å². The van der Waals surface area contributed by atoms with E-state index >= 15 is 0 Å². The van der Waals surface area contributed by atoms with Gasteiger partial charge < -0.3 is 9.84 Å². The third-order valence-corrected chi connectivity index (χ3v) is 5.39. The number of hydrogen-bond acceptors (Lipinski definition) is 4. The zero-order chi connectivity index (χ0) is 14.8. The van der Waals surface area contributed by atoms with Gasteiger partial charge in [0.2, 0.25) is 10.0 Å². The van der Waals surface area contributed by atoms with Gasteiger partial charge in [-0.1, -0.05) is 23.2 Å². The van der Waals surface area contributed by atoms with E-state index in [2.05, 4.69) is 4.72 Å². The van der Waals surface area contributed by atoms with E-state index in [0.717, 1.165) is 6.42 Å². The Morgan fingerprint density at radius 1 is 1.35 bits per heavy atom. The Morgan fingerprint density at radius 3 is 2.70 bits per heavy atom. The van der Waals surface area contributed by atoms with Gasteiger partial charge in [0.05, 0.1) is 18.2 Å². The second-order valence-corrected chi connectivity index (χ2v) is 7.16. The molecule has 5 nitrogen and oxygen atoms in total. The number of benzene rings is 1. The highest BCUT2D eigenvalue weighted by Gasteiger charge is 2.23. The van der Waals surface area contributed by atoms with Crippen molar-refractivity contribution in [2.75, 3.05) is 19.8 Å². The first kappa shape index (κ1) is 16.0. The lowest BCUT2D eigenvalue weighted by atomic mass is 10.1. The summed E-state index contributed by atoms with van der Waals surface area (Å²) in [4.78, 5) is -0.0773. The molecule has 1 atom stereocenters. The summed E-state index contributed by atoms with van der Waals surface area (Å²) >= 11 is 11.8. The monoisotopic (exact) mass is 339 g/mol. The highest BCUT2D eigenvalue weighted by molar-refractivity contribution is 7.89. The summed E-state index contributed by atoms with van der Waals surface area (Å²) in [5.41, 5.74) is 0.320. The maximum absolute atomic E-state index is 12.2. The first-order valence-electron chi connectivity index (χ1n) is 6.10. The molecular weight excluding hydrogens is 325 g/mol. The average Bonchev–Trinajstić information content (AvgIpc) is 2.89. The molecule has 1 aromatic rings. The van der Waals surface area contributed by atoms with Crippen molar-refractivity contribution in [2.45, 2.75) is 17.9 Å². The van der Waals surface area contributed by atoms with E-state index in [-0.39, 0.29) is 27.5 Å². The van der Waals surface area contributed by atoms with Gasteiger partial charge >= 0.3 is 0 Å². The highest BCUT2D eigenvalue weighted by atomic mass is 35.5. The van der Waals surface area contributed by atoms with E-state index in [9.17, 15) is 8.42 Å². The van der Waals surface area contributed by atoms with Crippen molar-refractivity contribution < 1.29 is 18.3 Å². The van der Waals surface area contributed by atoms with Crippen LogP contribution in [-0.2, 0) is 21.4 Å². The average molecular weight is 340 g/mol. The molecule has 1 aliphatic heterocycles. The third kappa shape index (κ3) is 3.63. The summed E-state index contributed by atoms with van der Waals surface area (Å²) in [6.07, 6.45) is 0.832. The second kappa shape index (κ2) is 6.60. The van der Waals surface area contributed by atoms with Crippen LogP contribution in [-0.4, -0.2) is 33.3 Å². The Labute approximate surface area is 127 Å². The molecular formula is C12H15Cl2NO4S. The molecule has 1 unspecified atom stereocenters. The fourth-order valence-corrected chi connectivity index (χ4v) is 3.92. The van der Waals surface area contributed by atoms with Crippen LogP contribution < -0.4 is 4.72 Å². The zero-order valence-electron chi connectivity index (χ0n) is 10.6. The van der Waals surface area contributed by atoms with Gasteiger partial charge in [0, 0.05) is 18.2 Å². The van der Waals surface area contributed by atoms with Crippen LogP contribution in [0.1, 0.15) is 12.0 Å². The lowest BCUT2D eigenvalue weighted by Gasteiger charge is -2.13. The molecule has 0 saturated carbocycles. The summed E-state index contributed by atoms with van der Waals surface area (Å²) in [5.74, 6) is 0.174. The number of hydrogen-bond donors (Lipinski definition) is 2. The summed E-state index contributed by atoms with van der Waals surface area (Å²) in [5, 5.41) is 9.41. The minimum atomic E-state index is -3.74. The SMILES string of the molecule is O=S(=O)(NCC1CCOC1)c1cc(CO)c(Cl)cc1Cl. The molecule has 20 heavy (non-hydrogen) atoms. The molecule has 0 bridgehead atoms. The van der Waals surface area contributed by atoms with Gasteiger partial charge in [0.25, 0.3) is 0 Å². The van der Waals surface area contributed by atoms with Crippen molar-refractivity contribution in [3.05, 3.63) is 27.7 Å². The van der Waals surface area contributed by atoms with E-state index in [4.69, 9.17) is 33.0 Å². The second-order valence-electron chi connectivity index (χ2n) is 4.61. The van der Waals surface area contributed by atoms with Crippen LogP contribution in [0.3, 0.4) is 0 Å². The molecule has 2 N–H and O–H groups in total. The fraction of sp³-hybridized carbons (Fsp3) is 0.500. The minimum Gasteiger partial charge on any atom is -0.392 e. The molecule has 0 aromatic heterocycles. The maximum Gasteiger partial charge on any atom is 0.242 e. The van der Waals surface area contributed by atoms with Gasteiger partial charge in [-0.2, -0.15) is 0 Å². The van der Waals surface area contributed by atoms with E-state index < -0.39 is 10.0 Å². The van der Waals surface area contributed by atoms with Gasteiger partial charge in [-0.3, -0.25) is 0 Å². The van der Waals surface area contributed by atoms with Crippen molar-refractivity contribution in [2.24, 2.45) is 5.92 Å².